The standard InChI is InChI=1S/C12H15NOS/c1-10(7-14)8-15-9-12-4-2-11(6-13)3-5-12/h2-5,10,14H,7-9H2,1H3. The fourth-order valence-corrected chi connectivity index (χ4v) is 2.16. The zero-order valence-corrected chi connectivity index (χ0v) is 9.63. The van der Waals surface area contributed by atoms with Gasteiger partial charge in [0.1, 0.15) is 0 Å². The number of hydrogen-bond donors (Lipinski definition) is 1. The second-order valence-electron chi connectivity index (χ2n) is 3.61. The summed E-state index contributed by atoms with van der Waals surface area (Å²) in [4.78, 5) is 0. The lowest BCUT2D eigenvalue weighted by molar-refractivity contribution is 0.250. The van der Waals surface area contributed by atoms with Crippen molar-refractivity contribution in [3.8, 4) is 6.07 Å². The molecule has 2 nitrogen and oxygen atoms in total. The molecular formula is C12H15NOS. The van der Waals surface area contributed by atoms with Gasteiger partial charge in [-0.15, -0.1) is 0 Å². The third-order valence-electron chi connectivity index (χ3n) is 2.07. The van der Waals surface area contributed by atoms with Gasteiger partial charge in [-0.25, -0.2) is 0 Å². The van der Waals surface area contributed by atoms with E-state index in [-0.39, 0.29) is 6.61 Å². The molecule has 0 saturated carbocycles. The molecule has 0 fully saturated rings. The molecule has 0 aromatic heterocycles. The number of thioether (sulfide) groups is 1. The van der Waals surface area contributed by atoms with Crippen LogP contribution in [0.1, 0.15) is 18.1 Å². The van der Waals surface area contributed by atoms with Gasteiger partial charge in [0.25, 0.3) is 0 Å². The second-order valence-corrected chi connectivity index (χ2v) is 4.64. The van der Waals surface area contributed by atoms with Crippen molar-refractivity contribution in [2.45, 2.75) is 12.7 Å². The number of aliphatic hydroxyl groups is 1. The van der Waals surface area contributed by atoms with Crippen molar-refractivity contribution < 1.29 is 5.11 Å². The van der Waals surface area contributed by atoms with Crippen LogP contribution < -0.4 is 0 Å². The Labute approximate surface area is 94.9 Å². The highest BCUT2D eigenvalue weighted by molar-refractivity contribution is 7.98. The second kappa shape index (κ2) is 6.49. The predicted octanol–water partition coefficient (Wildman–Crippen LogP) is 2.42. The van der Waals surface area contributed by atoms with Crippen LogP contribution in [-0.4, -0.2) is 17.5 Å². The van der Waals surface area contributed by atoms with E-state index in [0.29, 0.717) is 11.5 Å². The highest BCUT2D eigenvalue weighted by Crippen LogP contribution is 2.15. The number of nitriles is 1. The Hall–Kier alpha value is -0.980. The van der Waals surface area contributed by atoms with Crippen LogP contribution in [0.25, 0.3) is 0 Å². The summed E-state index contributed by atoms with van der Waals surface area (Å²) < 4.78 is 0. The molecule has 1 atom stereocenters. The van der Waals surface area contributed by atoms with Crippen molar-refractivity contribution in [2.75, 3.05) is 12.4 Å². The summed E-state index contributed by atoms with van der Waals surface area (Å²) in [6.07, 6.45) is 0. The van der Waals surface area contributed by atoms with Crippen LogP contribution in [0.5, 0.6) is 0 Å². The molecule has 1 unspecified atom stereocenters. The van der Waals surface area contributed by atoms with E-state index < -0.39 is 0 Å². The highest BCUT2D eigenvalue weighted by atomic mass is 32.2. The molecule has 0 saturated heterocycles. The topological polar surface area (TPSA) is 44.0 Å². The Morgan fingerprint density at radius 3 is 2.60 bits per heavy atom. The molecule has 0 bridgehead atoms. The first-order valence-corrected chi connectivity index (χ1v) is 6.09. The number of benzene rings is 1. The Kier molecular flexibility index (Phi) is 5.23. The molecular weight excluding hydrogens is 206 g/mol. The van der Waals surface area contributed by atoms with Gasteiger partial charge in [-0.05, 0) is 29.4 Å². The average molecular weight is 221 g/mol. The van der Waals surface area contributed by atoms with Gasteiger partial charge in [-0.1, -0.05) is 19.1 Å². The first-order valence-electron chi connectivity index (χ1n) is 4.94. The van der Waals surface area contributed by atoms with E-state index in [4.69, 9.17) is 10.4 Å². The normalized spacial score (nSPS) is 12.1. The van der Waals surface area contributed by atoms with Crippen molar-refractivity contribution in [2.24, 2.45) is 5.92 Å². The van der Waals surface area contributed by atoms with E-state index in [0.717, 1.165) is 11.5 Å². The van der Waals surface area contributed by atoms with E-state index in [2.05, 4.69) is 6.07 Å². The SMILES string of the molecule is CC(CO)CSCc1ccc(C#N)cc1. The monoisotopic (exact) mass is 221 g/mol. The summed E-state index contributed by atoms with van der Waals surface area (Å²) in [7, 11) is 0. The Morgan fingerprint density at radius 2 is 2.07 bits per heavy atom. The first-order chi connectivity index (χ1) is 7.26. The number of nitrogens with zero attached hydrogens (tertiary/aromatic N) is 1. The van der Waals surface area contributed by atoms with Crippen LogP contribution in [0.2, 0.25) is 0 Å². The molecule has 0 aliphatic carbocycles. The smallest absolute Gasteiger partial charge is 0.0991 e. The van der Waals surface area contributed by atoms with E-state index in [9.17, 15) is 0 Å². The Morgan fingerprint density at radius 1 is 1.40 bits per heavy atom. The largest absolute Gasteiger partial charge is 0.396 e. The van der Waals surface area contributed by atoms with Gasteiger partial charge in [0, 0.05) is 12.4 Å². The van der Waals surface area contributed by atoms with Crippen molar-refractivity contribution in [1.29, 1.82) is 5.26 Å². The molecule has 0 heterocycles. The maximum Gasteiger partial charge on any atom is 0.0991 e. The van der Waals surface area contributed by atoms with Gasteiger partial charge in [-0.3, -0.25) is 0 Å². The van der Waals surface area contributed by atoms with Crippen molar-refractivity contribution in [3.05, 3.63) is 35.4 Å². The molecule has 0 aliphatic heterocycles. The fourth-order valence-electron chi connectivity index (χ4n) is 1.11. The van der Waals surface area contributed by atoms with Crippen LogP contribution >= 0.6 is 11.8 Å². The molecule has 0 amide bonds. The third-order valence-corrected chi connectivity index (χ3v) is 3.41. The maximum absolute atomic E-state index is 8.85. The molecule has 15 heavy (non-hydrogen) atoms. The molecule has 80 valence electrons. The number of aliphatic hydroxyl groups excluding tert-OH is 1. The number of hydrogen-bond acceptors (Lipinski definition) is 3. The van der Waals surface area contributed by atoms with Gasteiger partial charge in [0.05, 0.1) is 11.6 Å². The zero-order chi connectivity index (χ0) is 11.1. The van der Waals surface area contributed by atoms with Crippen molar-refractivity contribution in [1.82, 2.24) is 0 Å². The zero-order valence-electron chi connectivity index (χ0n) is 8.81. The predicted molar refractivity (Wildman–Crippen MR) is 63.6 cm³/mol. The Bertz CT molecular complexity index is 328. The lowest BCUT2D eigenvalue weighted by Gasteiger charge is -2.06. The molecule has 1 aromatic rings. The minimum Gasteiger partial charge on any atom is -0.396 e. The van der Waals surface area contributed by atoms with E-state index in [1.54, 1.807) is 0 Å². The first kappa shape index (κ1) is 12.1. The number of rotatable bonds is 5. The molecule has 1 aromatic carbocycles. The van der Waals surface area contributed by atoms with Gasteiger partial charge in [-0.2, -0.15) is 17.0 Å². The summed E-state index contributed by atoms with van der Waals surface area (Å²) in [5.74, 6) is 2.26. The molecule has 0 spiro atoms. The van der Waals surface area contributed by atoms with Crippen LogP contribution in [0, 0.1) is 17.2 Å². The molecule has 1 rings (SSSR count). The summed E-state index contributed by atoms with van der Waals surface area (Å²) in [6.45, 7) is 2.28. The molecule has 0 aliphatic rings. The lowest BCUT2D eigenvalue weighted by atomic mass is 10.2. The lowest BCUT2D eigenvalue weighted by Crippen LogP contribution is -2.03. The highest BCUT2D eigenvalue weighted by Gasteiger charge is 2.00. The van der Waals surface area contributed by atoms with Gasteiger partial charge in [0.2, 0.25) is 0 Å². The van der Waals surface area contributed by atoms with Crippen molar-refractivity contribution in [3.63, 3.8) is 0 Å². The summed E-state index contributed by atoms with van der Waals surface area (Å²) in [6, 6.07) is 9.74. The minimum absolute atomic E-state index is 0.250. The average Bonchev–Trinajstić information content (AvgIpc) is 2.29. The van der Waals surface area contributed by atoms with E-state index in [1.165, 1.54) is 5.56 Å². The quantitative estimate of drug-likeness (QED) is 0.830. The van der Waals surface area contributed by atoms with Crippen LogP contribution in [-0.2, 0) is 5.75 Å². The fraction of sp³-hybridized carbons (Fsp3) is 0.417. The molecule has 1 N–H and O–H groups in total. The molecule has 3 heteroatoms. The van der Waals surface area contributed by atoms with Gasteiger partial charge >= 0.3 is 0 Å². The third kappa shape index (κ3) is 4.37. The van der Waals surface area contributed by atoms with Crippen LogP contribution in [0.4, 0.5) is 0 Å². The van der Waals surface area contributed by atoms with Gasteiger partial charge < -0.3 is 5.11 Å². The van der Waals surface area contributed by atoms with Crippen LogP contribution in [0.3, 0.4) is 0 Å². The van der Waals surface area contributed by atoms with Crippen molar-refractivity contribution >= 4 is 11.8 Å². The minimum atomic E-state index is 0.250. The summed E-state index contributed by atoms with van der Waals surface area (Å²) in [5, 5.41) is 17.5. The maximum atomic E-state index is 8.85. The van der Waals surface area contributed by atoms with Gasteiger partial charge in [0.15, 0.2) is 0 Å². The summed E-state index contributed by atoms with van der Waals surface area (Å²) >= 11 is 1.81. The van der Waals surface area contributed by atoms with E-state index >= 15 is 0 Å². The summed E-state index contributed by atoms with van der Waals surface area (Å²) in [5.41, 5.74) is 1.93. The van der Waals surface area contributed by atoms with E-state index in [1.807, 2.05) is 43.0 Å². The Balaban J connectivity index is 2.35. The molecule has 0 radical (unpaired) electrons. The van der Waals surface area contributed by atoms with Crippen LogP contribution in [0.15, 0.2) is 24.3 Å².